The summed E-state index contributed by atoms with van der Waals surface area (Å²) in [5.41, 5.74) is -0.418. The lowest BCUT2D eigenvalue weighted by molar-refractivity contribution is 0.0255. The maximum Gasteiger partial charge on any atom is 0.410 e. The standard InChI is InChI=1S/C11H18N2O2S/c1-11(2,3)15-10(14)13-5-4-9-8(6-13)12-7-16-9/h4,8,12H,5-7H2,1-3H3. The van der Waals surface area contributed by atoms with Gasteiger partial charge in [-0.25, -0.2) is 4.79 Å². The molecule has 5 heteroatoms. The molecule has 1 amide bonds. The SMILES string of the molecule is CC(C)(C)OC(=O)N1CC=C2SCNC2C1. The van der Waals surface area contributed by atoms with Gasteiger partial charge in [0.15, 0.2) is 0 Å². The molecule has 0 aromatic rings. The molecule has 2 aliphatic heterocycles. The van der Waals surface area contributed by atoms with Crippen molar-refractivity contribution in [1.29, 1.82) is 0 Å². The Morgan fingerprint density at radius 2 is 2.38 bits per heavy atom. The first-order chi connectivity index (χ1) is 7.46. The van der Waals surface area contributed by atoms with Gasteiger partial charge in [0.05, 0.1) is 6.04 Å². The molecule has 1 N–H and O–H groups in total. The van der Waals surface area contributed by atoms with Gasteiger partial charge in [0.1, 0.15) is 5.60 Å². The van der Waals surface area contributed by atoms with Crippen LogP contribution in [0.3, 0.4) is 0 Å². The van der Waals surface area contributed by atoms with Gasteiger partial charge in [0.2, 0.25) is 0 Å². The number of carbonyl (C=O) groups is 1. The Bertz CT molecular complexity index is 322. The van der Waals surface area contributed by atoms with Crippen molar-refractivity contribution in [2.45, 2.75) is 32.4 Å². The molecule has 0 radical (unpaired) electrons. The van der Waals surface area contributed by atoms with Crippen molar-refractivity contribution in [3.8, 4) is 0 Å². The molecule has 0 bridgehead atoms. The molecule has 0 aliphatic carbocycles. The number of hydrogen-bond donors (Lipinski definition) is 1. The Morgan fingerprint density at radius 3 is 3.06 bits per heavy atom. The number of nitrogens with zero attached hydrogens (tertiary/aromatic N) is 1. The van der Waals surface area contributed by atoms with Crippen molar-refractivity contribution in [1.82, 2.24) is 10.2 Å². The van der Waals surface area contributed by atoms with Crippen LogP contribution in [-0.2, 0) is 4.74 Å². The minimum atomic E-state index is -0.418. The van der Waals surface area contributed by atoms with Crippen molar-refractivity contribution < 1.29 is 9.53 Å². The topological polar surface area (TPSA) is 41.6 Å². The van der Waals surface area contributed by atoms with Gasteiger partial charge in [-0.1, -0.05) is 6.08 Å². The molecule has 2 aliphatic rings. The fourth-order valence-corrected chi connectivity index (χ4v) is 2.76. The third-order valence-corrected chi connectivity index (χ3v) is 3.58. The van der Waals surface area contributed by atoms with Gasteiger partial charge in [0, 0.05) is 23.9 Å². The van der Waals surface area contributed by atoms with E-state index in [1.165, 1.54) is 4.91 Å². The Hall–Kier alpha value is -0.680. The lowest BCUT2D eigenvalue weighted by Gasteiger charge is -2.31. The highest BCUT2D eigenvalue weighted by atomic mass is 32.2. The first-order valence-electron chi connectivity index (χ1n) is 5.50. The Kier molecular flexibility index (Phi) is 3.17. The summed E-state index contributed by atoms with van der Waals surface area (Å²) in [5.74, 6) is 0.943. The van der Waals surface area contributed by atoms with Crippen molar-refractivity contribution >= 4 is 17.9 Å². The predicted octanol–water partition coefficient (Wildman–Crippen LogP) is 1.78. The number of ether oxygens (including phenoxy) is 1. The zero-order valence-corrected chi connectivity index (χ0v) is 10.8. The van der Waals surface area contributed by atoms with E-state index in [-0.39, 0.29) is 6.09 Å². The van der Waals surface area contributed by atoms with Crippen molar-refractivity contribution in [2.24, 2.45) is 0 Å². The minimum absolute atomic E-state index is 0.221. The van der Waals surface area contributed by atoms with Crippen LogP contribution in [-0.4, -0.2) is 41.6 Å². The molecule has 16 heavy (non-hydrogen) atoms. The number of nitrogens with one attached hydrogen (secondary N) is 1. The highest BCUT2D eigenvalue weighted by Crippen LogP contribution is 2.28. The number of amides is 1. The lowest BCUT2D eigenvalue weighted by atomic mass is 10.2. The normalized spacial score (nSPS) is 25.1. The summed E-state index contributed by atoms with van der Waals surface area (Å²) in [4.78, 5) is 15.0. The molecule has 4 nitrogen and oxygen atoms in total. The quantitative estimate of drug-likeness (QED) is 0.703. The smallest absolute Gasteiger partial charge is 0.410 e. The van der Waals surface area contributed by atoms with Crippen molar-refractivity contribution in [3.05, 3.63) is 11.0 Å². The summed E-state index contributed by atoms with van der Waals surface area (Å²) >= 11 is 1.82. The maximum atomic E-state index is 11.8. The Balaban J connectivity index is 1.95. The predicted molar refractivity (Wildman–Crippen MR) is 65.3 cm³/mol. The van der Waals surface area contributed by atoms with E-state index in [1.807, 2.05) is 32.5 Å². The second-order valence-electron chi connectivity index (χ2n) is 5.04. The average Bonchev–Trinajstić information content (AvgIpc) is 2.61. The van der Waals surface area contributed by atoms with Crippen LogP contribution in [0, 0.1) is 0 Å². The van der Waals surface area contributed by atoms with E-state index in [1.54, 1.807) is 4.90 Å². The van der Waals surface area contributed by atoms with Crippen LogP contribution in [0.5, 0.6) is 0 Å². The van der Waals surface area contributed by atoms with E-state index in [4.69, 9.17) is 4.74 Å². The van der Waals surface area contributed by atoms with E-state index in [9.17, 15) is 4.79 Å². The Morgan fingerprint density at radius 1 is 1.62 bits per heavy atom. The largest absolute Gasteiger partial charge is 0.444 e. The second-order valence-corrected chi connectivity index (χ2v) is 6.09. The number of carbonyl (C=O) groups excluding carboxylic acids is 1. The number of rotatable bonds is 0. The van der Waals surface area contributed by atoms with Crippen molar-refractivity contribution in [3.63, 3.8) is 0 Å². The van der Waals surface area contributed by atoms with Crippen molar-refractivity contribution in [2.75, 3.05) is 19.0 Å². The van der Waals surface area contributed by atoms with E-state index in [2.05, 4.69) is 11.4 Å². The van der Waals surface area contributed by atoms with Crippen LogP contribution in [0.2, 0.25) is 0 Å². The summed E-state index contributed by atoms with van der Waals surface area (Å²) in [6.07, 6.45) is 1.89. The third-order valence-electron chi connectivity index (χ3n) is 2.48. The molecule has 90 valence electrons. The lowest BCUT2D eigenvalue weighted by Crippen LogP contribution is -2.46. The van der Waals surface area contributed by atoms with Gasteiger partial charge in [-0.05, 0) is 20.8 Å². The molecule has 0 saturated carbocycles. The molecule has 2 rings (SSSR count). The Labute approximate surface area is 100 Å². The molecular weight excluding hydrogens is 224 g/mol. The van der Waals surface area contributed by atoms with Gasteiger partial charge in [0.25, 0.3) is 0 Å². The zero-order valence-electron chi connectivity index (χ0n) is 9.95. The van der Waals surface area contributed by atoms with Gasteiger partial charge in [-0.15, -0.1) is 11.8 Å². The summed E-state index contributed by atoms with van der Waals surface area (Å²) in [6.45, 7) is 7.04. The minimum Gasteiger partial charge on any atom is -0.444 e. The molecule has 0 spiro atoms. The summed E-state index contributed by atoms with van der Waals surface area (Å²) in [7, 11) is 0. The molecule has 1 unspecified atom stereocenters. The van der Waals surface area contributed by atoms with Crippen LogP contribution in [0.4, 0.5) is 4.79 Å². The van der Waals surface area contributed by atoms with Gasteiger partial charge >= 0.3 is 6.09 Å². The summed E-state index contributed by atoms with van der Waals surface area (Å²) in [5, 5.41) is 3.35. The van der Waals surface area contributed by atoms with Crippen LogP contribution in [0.25, 0.3) is 0 Å². The van der Waals surface area contributed by atoms with E-state index in [0.29, 0.717) is 19.1 Å². The zero-order chi connectivity index (χ0) is 11.8. The van der Waals surface area contributed by atoms with Crippen LogP contribution in [0.15, 0.2) is 11.0 Å². The number of hydrogen-bond acceptors (Lipinski definition) is 4. The van der Waals surface area contributed by atoms with Gasteiger partial charge in [-0.2, -0.15) is 0 Å². The fraction of sp³-hybridized carbons (Fsp3) is 0.727. The molecule has 0 aromatic heterocycles. The third kappa shape index (κ3) is 2.71. The second kappa shape index (κ2) is 4.30. The van der Waals surface area contributed by atoms with E-state index >= 15 is 0 Å². The monoisotopic (exact) mass is 242 g/mol. The molecule has 2 heterocycles. The van der Waals surface area contributed by atoms with E-state index in [0.717, 1.165) is 5.88 Å². The summed E-state index contributed by atoms with van der Waals surface area (Å²) < 4.78 is 5.35. The van der Waals surface area contributed by atoms with E-state index < -0.39 is 5.60 Å². The molecule has 1 fully saturated rings. The molecule has 1 saturated heterocycles. The fourth-order valence-electron chi connectivity index (χ4n) is 1.75. The first kappa shape index (κ1) is 11.8. The molecular formula is C11H18N2O2S. The maximum absolute atomic E-state index is 11.8. The number of thioether (sulfide) groups is 1. The molecule has 1 atom stereocenters. The van der Waals surface area contributed by atoms with Crippen LogP contribution in [0.1, 0.15) is 20.8 Å². The van der Waals surface area contributed by atoms with Gasteiger partial charge < -0.3 is 9.64 Å². The van der Waals surface area contributed by atoms with Crippen LogP contribution < -0.4 is 5.32 Å². The number of fused-ring (bicyclic) bond motifs is 1. The highest BCUT2D eigenvalue weighted by Gasteiger charge is 2.31. The van der Waals surface area contributed by atoms with Crippen LogP contribution >= 0.6 is 11.8 Å². The first-order valence-corrected chi connectivity index (χ1v) is 6.48. The summed E-state index contributed by atoms with van der Waals surface area (Å²) in [6, 6.07) is 0.311. The average molecular weight is 242 g/mol. The molecule has 0 aromatic carbocycles. The van der Waals surface area contributed by atoms with Gasteiger partial charge in [-0.3, -0.25) is 5.32 Å². The highest BCUT2D eigenvalue weighted by molar-refractivity contribution is 8.03.